The number of nitrogens with one attached hydrogen (secondary N) is 1. The first-order valence-electron chi connectivity index (χ1n) is 9.90. The largest absolute Gasteiger partial charge is 0.493 e. The topological polar surface area (TPSA) is 73.9 Å². The number of ether oxygens (including phenoxy) is 3. The molecule has 0 radical (unpaired) electrons. The first-order chi connectivity index (χ1) is 14.4. The Balaban J connectivity index is 1.73. The summed E-state index contributed by atoms with van der Waals surface area (Å²) in [5.41, 5.74) is -0.242. The van der Waals surface area contributed by atoms with Crippen molar-refractivity contribution in [1.29, 1.82) is 0 Å². The fraction of sp³-hybridized carbons (Fsp3) is 0.391. The van der Waals surface area contributed by atoms with Crippen LogP contribution >= 0.6 is 0 Å². The van der Waals surface area contributed by atoms with Crippen molar-refractivity contribution in [3.63, 3.8) is 0 Å². The molecule has 0 aromatic heterocycles. The van der Waals surface area contributed by atoms with Gasteiger partial charge in [-0.25, -0.2) is 4.39 Å². The summed E-state index contributed by atoms with van der Waals surface area (Å²) in [4.78, 5) is 25.7. The van der Waals surface area contributed by atoms with Crippen LogP contribution in [0, 0.1) is 5.82 Å². The molecule has 2 aromatic rings. The third kappa shape index (κ3) is 4.25. The minimum absolute atomic E-state index is 0.333. The predicted molar refractivity (Wildman–Crippen MR) is 110 cm³/mol. The van der Waals surface area contributed by atoms with E-state index in [4.69, 9.17) is 14.2 Å². The lowest BCUT2D eigenvalue weighted by atomic mass is 9.78. The molecule has 0 unspecified atom stereocenters. The van der Waals surface area contributed by atoms with Crippen molar-refractivity contribution >= 4 is 17.6 Å². The highest BCUT2D eigenvalue weighted by molar-refractivity contribution is 5.96. The molecule has 30 heavy (non-hydrogen) atoms. The van der Waals surface area contributed by atoms with Gasteiger partial charge in [0.05, 0.1) is 19.6 Å². The summed E-state index contributed by atoms with van der Waals surface area (Å²) in [6.45, 7) is 1.50. The molecule has 0 spiro atoms. The van der Waals surface area contributed by atoms with Crippen molar-refractivity contribution < 1.29 is 28.2 Å². The van der Waals surface area contributed by atoms with E-state index >= 15 is 0 Å². The monoisotopic (exact) mass is 415 g/mol. The maximum Gasteiger partial charge on any atom is 0.317 e. The van der Waals surface area contributed by atoms with E-state index in [1.807, 2.05) is 0 Å². The highest BCUT2D eigenvalue weighted by Gasteiger charge is 2.46. The Kier molecular flexibility index (Phi) is 6.59. The van der Waals surface area contributed by atoms with Gasteiger partial charge in [0.1, 0.15) is 5.82 Å². The number of halogens is 1. The van der Waals surface area contributed by atoms with E-state index in [-0.39, 0.29) is 0 Å². The summed E-state index contributed by atoms with van der Waals surface area (Å²) in [6, 6.07) is 11.2. The summed E-state index contributed by atoms with van der Waals surface area (Å²) < 4.78 is 30.4. The van der Waals surface area contributed by atoms with Crippen LogP contribution in [0.15, 0.2) is 42.5 Å². The number of hydrogen-bond donors (Lipinski definition) is 1. The SMILES string of the molecule is COc1ccc(NC(=O)[C@@H](C)OC(=O)C2(c3ccccc3F)CCCC2)cc1OC. The number of methoxy groups -OCH3 is 2. The fourth-order valence-corrected chi connectivity index (χ4v) is 3.90. The Morgan fingerprint density at radius 2 is 1.70 bits per heavy atom. The van der Waals surface area contributed by atoms with Crippen molar-refractivity contribution in [3.05, 3.63) is 53.8 Å². The van der Waals surface area contributed by atoms with Gasteiger partial charge >= 0.3 is 5.97 Å². The van der Waals surface area contributed by atoms with Gasteiger partial charge < -0.3 is 19.5 Å². The lowest BCUT2D eigenvalue weighted by Gasteiger charge is -2.29. The van der Waals surface area contributed by atoms with Crippen molar-refractivity contribution in [1.82, 2.24) is 0 Å². The minimum Gasteiger partial charge on any atom is -0.493 e. The lowest BCUT2D eigenvalue weighted by Crippen LogP contribution is -2.40. The molecule has 0 aliphatic heterocycles. The summed E-state index contributed by atoms with van der Waals surface area (Å²) in [7, 11) is 3.02. The summed E-state index contributed by atoms with van der Waals surface area (Å²) >= 11 is 0. The Morgan fingerprint density at radius 1 is 1.03 bits per heavy atom. The average molecular weight is 415 g/mol. The van der Waals surface area contributed by atoms with Crippen LogP contribution < -0.4 is 14.8 Å². The average Bonchev–Trinajstić information content (AvgIpc) is 3.25. The zero-order valence-corrected chi connectivity index (χ0v) is 17.4. The number of carbonyl (C=O) groups is 2. The minimum atomic E-state index is -1.05. The molecule has 1 amide bonds. The molecular formula is C23H26FNO5. The molecule has 0 saturated heterocycles. The van der Waals surface area contributed by atoms with Gasteiger partial charge in [0.25, 0.3) is 5.91 Å². The van der Waals surface area contributed by atoms with Crippen molar-refractivity contribution in [2.24, 2.45) is 0 Å². The van der Waals surface area contributed by atoms with Gasteiger partial charge in [0.15, 0.2) is 17.6 Å². The Bertz CT molecular complexity index is 924. The van der Waals surface area contributed by atoms with E-state index in [9.17, 15) is 14.0 Å². The second-order valence-corrected chi connectivity index (χ2v) is 7.38. The summed E-state index contributed by atoms with van der Waals surface area (Å²) in [5, 5.41) is 2.70. The second kappa shape index (κ2) is 9.15. The molecule has 1 aliphatic carbocycles. The first-order valence-corrected chi connectivity index (χ1v) is 9.90. The highest BCUT2D eigenvalue weighted by Crippen LogP contribution is 2.43. The number of benzene rings is 2. The number of rotatable bonds is 7. The van der Waals surface area contributed by atoms with Crippen LogP contribution in [0.2, 0.25) is 0 Å². The van der Waals surface area contributed by atoms with Crippen LogP contribution in [-0.4, -0.2) is 32.2 Å². The predicted octanol–water partition coefficient (Wildman–Crippen LogP) is 4.23. The summed E-state index contributed by atoms with van der Waals surface area (Å²) in [5.74, 6) is -0.497. The molecule has 1 fully saturated rings. The van der Waals surface area contributed by atoms with Crippen LogP contribution in [0.25, 0.3) is 0 Å². The van der Waals surface area contributed by atoms with E-state index in [0.29, 0.717) is 35.6 Å². The Hall–Kier alpha value is -3.09. The zero-order chi connectivity index (χ0) is 21.7. The first kappa shape index (κ1) is 21.6. The van der Waals surface area contributed by atoms with E-state index in [2.05, 4.69) is 5.32 Å². The molecule has 0 heterocycles. The smallest absolute Gasteiger partial charge is 0.317 e. The Morgan fingerprint density at radius 3 is 2.33 bits per heavy atom. The van der Waals surface area contributed by atoms with Crippen LogP contribution in [0.3, 0.4) is 0 Å². The van der Waals surface area contributed by atoms with Crippen LogP contribution in [0.1, 0.15) is 38.2 Å². The van der Waals surface area contributed by atoms with E-state index in [1.54, 1.807) is 36.4 Å². The van der Waals surface area contributed by atoms with Gasteiger partial charge in [-0.1, -0.05) is 31.0 Å². The normalized spacial score (nSPS) is 15.9. The Labute approximate surface area is 175 Å². The van der Waals surface area contributed by atoms with Gasteiger partial charge in [-0.15, -0.1) is 0 Å². The van der Waals surface area contributed by atoms with E-state index in [1.165, 1.54) is 27.2 Å². The van der Waals surface area contributed by atoms with Gasteiger partial charge in [-0.3, -0.25) is 9.59 Å². The molecule has 1 saturated carbocycles. The van der Waals surface area contributed by atoms with Crippen LogP contribution in [-0.2, 0) is 19.7 Å². The van der Waals surface area contributed by atoms with Gasteiger partial charge in [0.2, 0.25) is 0 Å². The van der Waals surface area contributed by atoms with E-state index in [0.717, 1.165) is 12.8 Å². The number of anilines is 1. The number of amides is 1. The molecule has 1 atom stereocenters. The molecule has 160 valence electrons. The molecule has 6 nitrogen and oxygen atoms in total. The quantitative estimate of drug-likeness (QED) is 0.686. The van der Waals surface area contributed by atoms with Crippen molar-refractivity contribution in [3.8, 4) is 11.5 Å². The molecular weight excluding hydrogens is 389 g/mol. The zero-order valence-electron chi connectivity index (χ0n) is 17.4. The number of hydrogen-bond acceptors (Lipinski definition) is 5. The van der Waals surface area contributed by atoms with Crippen molar-refractivity contribution in [2.75, 3.05) is 19.5 Å². The van der Waals surface area contributed by atoms with Crippen LogP contribution in [0.4, 0.5) is 10.1 Å². The molecule has 0 bridgehead atoms. The fourth-order valence-electron chi connectivity index (χ4n) is 3.90. The third-order valence-electron chi connectivity index (χ3n) is 5.54. The number of carbonyl (C=O) groups excluding carboxylic acids is 2. The van der Waals surface area contributed by atoms with Gasteiger partial charge in [-0.05, 0) is 38.0 Å². The van der Waals surface area contributed by atoms with Gasteiger partial charge in [-0.2, -0.15) is 0 Å². The molecule has 7 heteroatoms. The molecule has 1 N–H and O–H groups in total. The maximum absolute atomic E-state index is 14.5. The molecule has 2 aromatic carbocycles. The second-order valence-electron chi connectivity index (χ2n) is 7.38. The number of esters is 1. The van der Waals surface area contributed by atoms with Gasteiger partial charge in [0, 0.05) is 17.3 Å². The maximum atomic E-state index is 14.5. The highest BCUT2D eigenvalue weighted by atomic mass is 19.1. The lowest BCUT2D eigenvalue weighted by molar-refractivity contribution is -0.159. The van der Waals surface area contributed by atoms with E-state index < -0.39 is 29.2 Å². The molecule has 3 rings (SSSR count). The standard InChI is InChI=1S/C23H26FNO5/c1-15(21(26)25-16-10-11-19(28-2)20(14-16)29-3)30-22(27)23(12-6-7-13-23)17-8-4-5-9-18(17)24/h4-5,8-11,14-15H,6-7,12-13H2,1-3H3,(H,25,26)/t15-/m1/s1. The third-order valence-corrected chi connectivity index (χ3v) is 5.54. The summed E-state index contributed by atoms with van der Waals surface area (Å²) in [6.07, 6.45) is 1.55. The van der Waals surface area contributed by atoms with Crippen LogP contribution in [0.5, 0.6) is 11.5 Å². The molecule has 1 aliphatic rings. The van der Waals surface area contributed by atoms with Crippen molar-refractivity contribution in [2.45, 2.75) is 44.1 Å².